The second-order valence-electron chi connectivity index (χ2n) is 5.96. The molecule has 2 fully saturated rings. The number of hydrogen-bond acceptors (Lipinski definition) is 4. The van der Waals surface area contributed by atoms with E-state index in [9.17, 15) is 9.59 Å². The molecule has 2 amide bonds. The Bertz CT molecular complexity index is 623. The highest BCUT2D eigenvalue weighted by Gasteiger charge is 2.38. The van der Waals surface area contributed by atoms with Crippen LogP contribution in [0.4, 0.5) is 5.69 Å². The second-order valence-corrected chi connectivity index (χ2v) is 6.39. The van der Waals surface area contributed by atoms with Crippen molar-refractivity contribution in [1.82, 2.24) is 10.2 Å². The Kier molecular flexibility index (Phi) is 4.73. The number of benzene rings is 1. The average Bonchev–Trinajstić information content (AvgIpc) is 2.78. The highest BCUT2D eigenvalue weighted by Crippen LogP contribution is 2.30. The molecule has 7 heteroatoms. The van der Waals surface area contributed by atoms with E-state index in [0.717, 1.165) is 12.8 Å². The highest BCUT2D eigenvalue weighted by molar-refractivity contribution is 6.31. The molecule has 0 radical (unpaired) electrons. The lowest BCUT2D eigenvalue weighted by Crippen LogP contribution is -2.42. The van der Waals surface area contributed by atoms with E-state index in [1.54, 1.807) is 25.3 Å². The van der Waals surface area contributed by atoms with E-state index in [1.165, 1.54) is 0 Å². The van der Waals surface area contributed by atoms with Gasteiger partial charge in [0.2, 0.25) is 11.8 Å². The van der Waals surface area contributed by atoms with Crippen LogP contribution in [0.3, 0.4) is 0 Å². The molecular formula is C16H20ClN3O3. The van der Waals surface area contributed by atoms with Gasteiger partial charge in [0.1, 0.15) is 5.75 Å². The third kappa shape index (κ3) is 3.59. The minimum absolute atomic E-state index is 0.0686. The summed E-state index contributed by atoms with van der Waals surface area (Å²) in [7, 11) is 1.55. The van der Waals surface area contributed by atoms with Gasteiger partial charge in [-0.1, -0.05) is 11.6 Å². The number of anilines is 1. The van der Waals surface area contributed by atoms with Crippen LogP contribution in [0, 0.1) is 0 Å². The highest BCUT2D eigenvalue weighted by atomic mass is 35.5. The number of carbonyl (C=O) groups excluding carboxylic acids is 2. The zero-order valence-electron chi connectivity index (χ0n) is 13.0. The van der Waals surface area contributed by atoms with E-state index in [-0.39, 0.29) is 30.4 Å². The minimum atomic E-state index is -0.128. The molecule has 1 aromatic carbocycles. The SMILES string of the molecule is COc1ccc(Cl)cc1NC(=O)CN1[C@@H]2CC[C@H]1CC(=O)NC2. The number of halogens is 1. The fourth-order valence-electron chi connectivity index (χ4n) is 3.36. The molecule has 0 unspecified atom stereocenters. The molecule has 3 rings (SSSR count). The fraction of sp³-hybridized carbons (Fsp3) is 0.500. The van der Waals surface area contributed by atoms with Crippen LogP contribution in [0.15, 0.2) is 18.2 Å². The number of amides is 2. The molecule has 2 bridgehead atoms. The van der Waals surface area contributed by atoms with Gasteiger partial charge in [-0.25, -0.2) is 0 Å². The summed E-state index contributed by atoms with van der Waals surface area (Å²) < 4.78 is 5.24. The summed E-state index contributed by atoms with van der Waals surface area (Å²) in [4.78, 5) is 26.2. The number of methoxy groups -OCH3 is 1. The monoisotopic (exact) mass is 337 g/mol. The summed E-state index contributed by atoms with van der Waals surface area (Å²) >= 11 is 5.98. The number of nitrogens with one attached hydrogen (secondary N) is 2. The first-order chi connectivity index (χ1) is 11.1. The number of hydrogen-bond donors (Lipinski definition) is 2. The third-order valence-corrected chi connectivity index (χ3v) is 4.72. The van der Waals surface area contributed by atoms with E-state index in [0.29, 0.717) is 29.4 Å². The van der Waals surface area contributed by atoms with Crippen LogP contribution in [0.1, 0.15) is 19.3 Å². The number of ether oxygens (including phenoxy) is 1. The molecular weight excluding hydrogens is 318 g/mol. The summed E-state index contributed by atoms with van der Waals surface area (Å²) in [5, 5.41) is 6.29. The first kappa shape index (κ1) is 16.1. The minimum Gasteiger partial charge on any atom is -0.495 e. The van der Waals surface area contributed by atoms with Gasteiger partial charge >= 0.3 is 0 Å². The number of fused-ring (bicyclic) bond motifs is 2. The molecule has 124 valence electrons. The molecule has 2 aliphatic heterocycles. The fourth-order valence-corrected chi connectivity index (χ4v) is 3.53. The Morgan fingerprint density at radius 1 is 1.43 bits per heavy atom. The second kappa shape index (κ2) is 6.76. The molecule has 2 heterocycles. The van der Waals surface area contributed by atoms with Crippen LogP contribution in [0.5, 0.6) is 5.75 Å². The van der Waals surface area contributed by atoms with Crippen molar-refractivity contribution in [1.29, 1.82) is 0 Å². The van der Waals surface area contributed by atoms with Gasteiger partial charge in [0, 0.05) is 30.1 Å². The Morgan fingerprint density at radius 2 is 2.22 bits per heavy atom. The molecule has 6 nitrogen and oxygen atoms in total. The largest absolute Gasteiger partial charge is 0.495 e. The quantitative estimate of drug-likeness (QED) is 0.876. The third-order valence-electron chi connectivity index (χ3n) is 4.49. The zero-order valence-corrected chi connectivity index (χ0v) is 13.7. The predicted octanol–water partition coefficient (Wildman–Crippen LogP) is 1.64. The maximum absolute atomic E-state index is 12.4. The van der Waals surface area contributed by atoms with Crippen molar-refractivity contribution in [3.63, 3.8) is 0 Å². The molecule has 0 aromatic heterocycles. The summed E-state index contributed by atoms with van der Waals surface area (Å²) in [5.74, 6) is 0.509. The van der Waals surface area contributed by atoms with Gasteiger partial charge in [0.05, 0.1) is 19.3 Å². The van der Waals surface area contributed by atoms with Gasteiger partial charge in [-0.3, -0.25) is 14.5 Å². The average molecular weight is 338 g/mol. The molecule has 1 aromatic rings. The van der Waals surface area contributed by atoms with Gasteiger partial charge in [0.25, 0.3) is 0 Å². The van der Waals surface area contributed by atoms with Crippen molar-refractivity contribution in [2.75, 3.05) is 25.5 Å². The summed E-state index contributed by atoms with van der Waals surface area (Å²) in [5.41, 5.74) is 0.557. The lowest BCUT2D eigenvalue weighted by molar-refractivity contribution is -0.122. The van der Waals surface area contributed by atoms with Gasteiger partial charge < -0.3 is 15.4 Å². The number of rotatable bonds is 4. The van der Waals surface area contributed by atoms with Crippen LogP contribution in [-0.2, 0) is 9.59 Å². The van der Waals surface area contributed by atoms with Crippen molar-refractivity contribution >= 4 is 29.1 Å². The van der Waals surface area contributed by atoms with E-state index >= 15 is 0 Å². The zero-order chi connectivity index (χ0) is 16.4. The van der Waals surface area contributed by atoms with Crippen molar-refractivity contribution in [2.45, 2.75) is 31.3 Å². The summed E-state index contributed by atoms with van der Waals surface area (Å²) in [6, 6.07) is 5.48. The standard InChI is InChI=1S/C16H20ClN3O3/c1-23-14-5-2-10(17)6-13(14)19-16(22)9-20-11-3-4-12(20)8-18-15(21)7-11/h2,5-6,11-12H,3-4,7-9H2,1H3,(H,18,21)(H,19,22)/t11-,12+/m0/s1. The molecule has 2 N–H and O–H groups in total. The van der Waals surface area contributed by atoms with Gasteiger partial charge in [-0.2, -0.15) is 0 Å². The maximum atomic E-state index is 12.4. The molecule has 2 atom stereocenters. The van der Waals surface area contributed by atoms with Crippen LogP contribution < -0.4 is 15.4 Å². The van der Waals surface area contributed by atoms with E-state index in [4.69, 9.17) is 16.3 Å². The van der Waals surface area contributed by atoms with Crippen molar-refractivity contribution in [3.8, 4) is 5.75 Å². The lowest BCUT2D eigenvalue weighted by atomic mass is 10.1. The Morgan fingerprint density at radius 3 is 3.00 bits per heavy atom. The van der Waals surface area contributed by atoms with E-state index in [1.807, 2.05) is 0 Å². The van der Waals surface area contributed by atoms with Crippen molar-refractivity contribution < 1.29 is 14.3 Å². The maximum Gasteiger partial charge on any atom is 0.238 e. The van der Waals surface area contributed by atoms with Crippen molar-refractivity contribution in [3.05, 3.63) is 23.2 Å². The van der Waals surface area contributed by atoms with Crippen LogP contribution in [0.25, 0.3) is 0 Å². The smallest absolute Gasteiger partial charge is 0.238 e. The van der Waals surface area contributed by atoms with E-state index in [2.05, 4.69) is 15.5 Å². The normalized spacial score (nSPS) is 24.0. The Balaban J connectivity index is 1.68. The molecule has 0 spiro atoms. The predicted molar refractivity (Wildman–Crippen MR) is 87.8 cm³/mol. The number of nitrogens with zero attached hydrogens (tertiary/aromatic N) is 1. The van der Waals surface area contributed by atoms with Crippen LogP contribution in [-0.4, -0.2) is 49.0 Å². The summed E-state index contributed by atoms with van der Waals surface area (Å²) in [6.07, 6.45) is 2.44. The molecule has 0 aliphatic carbocycles. The van der Waals surface area contributed by atoms with Crippen molar-refractivity contribution in [2.24, 2.45) is 0 Å². The first-order valence-electron chi connectivity index (χ1n) is 7.72. The van der Waals surface area contributed by atoms with Crippen LogP contribution in [0.2, 0.25) is 5.02 Å². The van der Waals surface area contributed by atoms with Gasteiger partial charge in [-0.05, 0) is 31.0 Å². The van der Waals surface area contributed by atoms with Crippen LogP contribution >= 0.6 is 11.6 Å². The summed E-state index contributed by atoms with van der Waals surface area (Å²) in [6.45, 7) is 0.878. The topological polar surface area (TPSA) is 70.7 Å². The molecule has 23 heavy (non-hydrogen) atoms. The lowest BCUT2D eigenvalue weighted by Gasteiger charge is -2.26. The number of carbonyl (C=O) groups is 2. The van der Waals surface area contributed by atoms with Gasteiger partial charge in [-0.15, -0.1) is 0 Å². The Labute approximate surface area is 140 Å². The Hall–Kier alpha value is -1.79. The molecule has 0 saturated carbocycles. The molecule has 2 aliphatic rings. The first-order valence-corrected chi connectivity index (χ1v) is 8.10. The van der Waals surface area contributed by atoms with Gasteiger partial charge in [0.15, 0.2) is 0 Å². The van der Waals surface area contributed by atoms with E-state index < -0.39 is 0 Å². The molecule has 2 saturated heterocycles.